The lowest BCUT2D eigenvalue weighted by molar-refractivity contribution is -0.111. The number of Topliss-reactive ketones (excluding diaryl/α,β-unsaturated/α-hetero) is 1. The first kappa shape index (κ1) is 13.5. The number of benzene rings is 2. The summed E-state index contributed by atoms with van der Waals surface area (Å²) in [4.78, 5) is 11.7. The van der Waals surface area contributed by atoms with E-state index in [9.17, 15) is 4.79 Å². The van der Waals surface area contributed by atoms with Crippen LogP contribution >= 0.6 is 0 Å². The molecule has 0 spiro atoms. The zero-order chi connectivity index (χ0) is 14.4. The van der Waals surface area contributed by atoms with E-state index in [1.54, 1.807) is 24.3 Å². The fraction of sp³-hybridized carbons (Fsp3) is 0.0625. The van der Waals surface area contributed by atoms with Gasteiger partial charge in [-0.05, 0) is 24.3 Å². The minimum Gasteiger partial charge on any atom is -0.293 e. The van der Waals surface area contributed by atoms with Gasteiger partial charge in [-0.1, -0.05) is 30.3 Å². The average molecular weight is 263 g/mol. The SMILES string of the molecule is CC(=O)/C(=N\Nc1ccccc1)c1ccc(C#N)cc1. The third kappa shape index (κ3) is 3.30. The van der Waals surface area contributed by atoms with Gasteiger partial charge in [-0.15, -0.1) is 0 Å². The molecular weight excluding hydrogens is 250 g/mol. The van der Waals surface area contributed by atoms with Crippen molar-refractivity contribution in [1.82, 2.24) is 0 Å². The molecule has 0 heterocycles. The van der Waals surface area contributed by atoms with Crippen LogP contribution in [0.25, 0.3) is 0 Å². The van der Waals surface area contributed by atoms with Gasteiger partial charge in [0.25, 0.3) is 0 Å². The number of carbonyl (C=O) groups is 1. The van der Waals surface area contributed by atoms with Crippen LogP contribution in [-0.2, 0) is 4.79 Å². The Labute approximate surface area is 117 Å². The summed E-state index contributed by atoms with van der Waals surface area (Å²) in [6.45, 7) is 1.46. The van der Waals surface area contributed by atoms with Gasteiger partial charge in [-0.3, -0.25) is 10.2 Å². The minimum atomic E-state index is -0.141. The number of rotatable bonds is 4. The summed E-state index contributed by atoms with van der Waals surface area (Å²) < 4.78 is 0. The Hall–Kier alpha value is -2.93. The molecule has 0 aromatic heterocycles. The summed E-state index contributed by atoms with van der Waals surface area (Å²) in [5.41, 5.74) is 5.22. The Balaban J connectivity index is 2.26. The smallest absolute Gasteiger partial charge is 0.180 e. The van der Waals surface area contributed by atoms with Gasteiger partial charge < -0.3 is 0 Å². The molecule has 20 heavy (non-hydrogen) atoms. The number of anilines is 1. The van der Waals surface area contributed by atoms with E-state index in [4.69, 9.17) is 5.26 Å². The maximum Gasteiger partial charge on any atom is 0.180 e. The molecule has 0 aliphatic carbocycles. The quantitative estimate of drug-likeness (QED) is 0.681. The Morgan fingerprint density at radius 2 is 1.75 bits per heavy atom. The highest BCUT2D eigenvalue weighted by atomic mass is 16.1. The number of hydrogen-bond donors (Lipinski definition) is 1. The number of nitriles is 1. The molecular formula is C16H13N3O. The first-order valence-corrected chi connectivity index (χ1v) is 6.11. The predicted molar refractivity (Wildman–Crippen MR) is 78.4 cm³/mol. The number of nitrogens with one attached hydrogen (secondary N) is 1. The summed E-state index contributed by atoms with van der Waals surface area (Å²) in [7, 11) is 0. The van der Waals surface area contributed by atoms with Crippen molar-refractivity contribution >= 4 is 17.2 Å². The molecule has 0 aliphatic rings. The van der Waals surface area contributed by atoms with Crippen molar-refractivity contribution in [1.29, 1.82) is 5.26 Å². The third-order valence-corrected chi connectivity index (χ3v) is 2.69. The van der Waals surface area contributed by atoms with Gasteiger partial charge in [0, 0.05) is 12.5 Å². The van der Waals surface area contributed by atoms with E-state index < -0.39 is 0 Å². The molecule has 0 saturated heterocycles. The molecule has 0 radical (unpaired) electrons. The van der Waals surface area contributed by atoms with Gasteiger partial charge in [0.1, 0.15) is 5.71 Å². The van der Waals surface area contributed by atoms with E-state index in [1.165, 1.54) is 6.92 Å². The van der Waals surface area contributed by atoms with Gasteiger partial charge in [-0.2, -0.15) is 10.4 Å². The first-order chi connectivity index (χ1) is 9.70. The van der Waals surface area contributed by atoms with Crippen LogP contribution in [0.15, 0.2) is 59.7 Å². The lowest BCUT2D eigenvalue weighted by atomic mass is 10.1. The number of hydrazone groups is 1. The van der Waals surface area contributed by atoms with Crippen molar-refractivity contribution < 1.29 is 4.79 Å². The van der Waals surface area contributed by atoms with Crippen LogP contribution < -0.4 is 5.43 Å². The van der Waals surface area contributed by atoms with Gasteiger partial charge in [0.15, 0.2) is 5.78 Å². The van der Waals surface area contributed by atoms with Gasteiger partial charge in [-0.25, -0.2) is 0 Å². The van der Waals surface area contributed by atoms with Crippen molar-refractivity contribution in [2.45, 2.75) is 6.92 Å². The summed E-state index contributed by atoms with van der Waals surface area (Å²) in [6, 6.07) is 18.2. The molecule has 0 saturated carbocycles. The second kappa shape index (κ2) is 6.30. The number of hydrogen-bond acceptors (Lipinski definition) is 4. The monoisotopic (exact) mass is 263 g/mol. The molecule has 2 aromatic carbocycles. The Bertz CT molecular complexity index is 667. The largest absolute Gasteiger partial charge is 0.293 e. The Morgan fingerprint density at radius 3 is 2.30 bits per heavy atom. The van der Waals surface area contributed by atoms with Gasteiger partial charge in [0.2, 0.25) is 0 Å². The van der Waals surface area contributed by atoms with Crippen molar-refractivity contribution in [3.8, 4) is 6.07 Å². The number of ketones is 1. The van der Waals surface area contributed by atoms with Gasteiger partial charge >= 0.3 is 0 Å². The second-order valence-corrected chi connectivity index (χ2v) is 4.18. The normalized spacial score (nSPS) is 10.7. The van der Waals surface area contributed by atoms with Crippen molar-refractivity contribution in [2.75, 3.05) is 5.43 Å². The molecule has 98 valence electrons. The standard InChI is InChI=1S/C16H13N3O/c1-12(20)16(14-9-7-13(11-17)8-10-14)19-18-15-5-3-2-4-6-15/h2-10,18H,1H3/b19-16+. The number of carbonyl (C=O) groups excluding carboxylic acids is 1. The Kier molecular flexibility index (Phi) is 4.25. The summed E-state index contributed by atoms with van der Waals surface area (Å²) in [6.07, 6.45) is 0. The fourth-order valence-corrected chi connectivity index (χ4v) is 1.68. The van der Waals surface area contributed by atoms with Crippen molar-refractivity contribution in [3.05, 3.63) is 65.7 Å². The van der Waals surface area contributed by atoms with Crippen LogP contribution in [0.2, 0.25) is 0 Å². The summed E-state index contributed by atoms with van der Waals surface area (Å²) in [5, 5.41) is 12.9. The zero-order valence-corrected chi connectivity index (χ0v) is 11.0. The van der Waals surface area contributed by atoms with Crippen LogP contribution in [-0.4, -0.2) is 11.5 Å². The van der Waals surface area contributed by atoms with E-state index >= 15 is 0 Å². The highest BCUT2D eigenvalue weighted by Crippen LogP contribution is 2.09. The zero-order valence-electron chi connectivity index (χ0n) is 11.0. The topological polar surface area (TPSA) is 65.2 Å². The van der Waals surface area contributed by atoms with Crippen LogP contribution in [0.3, 0.4) is 0 Å². The molecule has 2 rings (SSSR count). The number of para-hydroxylation sites is 1. The molecule has 0 amide bonds. The Morgan fingerprint density at radius 1 is 1.10 bits per heavy atom. The lowest BCUT2D eigenvalue weighted by Crippen LogP contribution is -2.13. The lowest BCUT2D eigenvalue weighted by Gasteiger charge is -2.05. The molecule has 0 atom stereocenters. The summed E-state index contributed by atoms with van der Waals surface area (Å²) >= 11 is 0. The molecule has 0 bridgehead atoms. The van der Waals surface area contributed by atoms with Crippen LogP contribution in [0.4, 0.5) is 5.69 Å². The van der Waals surface area contributed by atoms with Gasteiger partial charge in [0.05, 0.1) is 17.3 Å². The first-order valence-electron chi connectivity index (χ1n) is 6.11. The van der Waals surface area contributed by atoms with E-state index in [0.717, 1.165) is 5.69 Å². The van der Waals surface area contributed by atoms with Crippen LogP contribution in [0, 0.1) is 11.3 Å². The van der Waals surface area contributed by atoms with E-state index in [-0.39, 0.29) is 5.78 Å². The second-order valence-electron chi connectivity index (χ2n) is 4.18. The average Bonchev–Trinajstić information content (AvgIpc) is 2.49. The molecule has 0 fully saturated rings. The molecule has 1 N–H and O–H groups in total. The van der Waals surface area contributed by atoms with E-state index in [1.807, 2.05) is 36.4 Å². The third-order valence-electron chi connectivity index (χ3n) is 2.69. The summed E-state index contributed by atoms with van der Waals surface area (Å²) in [5.74, 6) is -0.141. The van der Waals surface area contributed by atoms with Crippen molar-refractivity contribution in [3.63, 3.8) is 0 Å². The van der Waals surface area contributed by atoms with Crippen LogP contribution in [0.5, 0.6) is 0 Å². The van der Waals surface area contributed by atoms with Crippen molar-refractivity contribution in [2.24, 2.45) is 5.10 Å². The molecule has 4 nitrogen and oxygen atoms in total. The number of nitrogens with zero attached hydrogens (tertiary/aromatic N) is 2. The highest BCUT2D eigenvalue weighted by molar-refractivity contribution is 6.45. The maximum atomic E-state index is 11.7. The minimum absolute atomic E-state index is 0.141. The maximum absolute atomic E-state index is 11.7. The van der Waals surface area contributed by atoms with E-state index in [2.05, 4.69) is 10.5 Å². The fourth-order valence-electron chi connectivity index (χ4n) is 1.68. The van der Waals surface area contributed by atoms with E-state index in [0.29, 0.717) is 16.8 Å². The molecule has 0 unspecified atom stereocenters. The predicted octanol–water partition coefficient (Wildman–Crippen LogP) is 2.96. The highest BCUT2D eigenvalue weighted by Gasteiger charge is 2.09. The molecule has 4 heteroatoms. The van der Waals surface area contributed by atoms with Crippen LogP contribution in [0.1, 0.15) is 18.1 Å². The molecule has 2 aromatic rings. The molecule has 0 aliphatic heterocycles.